The first-order valence-electron chi connectivity index (χ1n) is 8.38. The van der Waals surface area contributed by atoms with Crippen LogP contribution in [0, 0.1) is 0 Å². The monoisotopic (exact) mass is 511 g/mol. The number of benzene rings is 2. The summed E-state index contributed by atoms with van der Waals surface area (Å²) in [5.41, 5.74) is 3.66. The highest BCUT2D eigenvalue weighted by Gasteiger charge is 2.21. The van der Waals surface area contributed by atoms with Gasteiger partial charge in [-0.25, -0.2) is 10.2 Å². The molecule has 148 valence electrons. The number of aromatic hydroxyl groups is 1. The molecule has 2 aromatic carbocycles. The molecule has 0 heterocycles. The third-order valence-electron chi connectivity index (χ3n) is 3.60. The van der Waals surface area contributed by atoms with E-state index in [4.69, 9.17) is 4.74 Å². The number of nitrogens with zero attached hydrogens (tertiary/aromatic N) is 1. The maximum atomic E-state index is 12.5. The Bertz CT molecular complexity index is 860. The summed E-state index contributed by atoms with van der Waals surface area (Å²) in [7, 11) is 0. The molecule has 0 aromatic heterocycles. The fourth-order valence-electron chi connectivity index (χ4n) is 2.30. The molecule has 3 N–H and O–H groups in total. The van der Waals surface area contributed by atoms with E-state index in [2.05, 4.69) is 47.7 Å². The van der Waals surface area contributed by atoms with Gasteiger partial charge in [0.25, 0.3) is 5.91 Å². The molecular weight excluding hydrogens is 494 g/mol. The van der Waals surface area contributed by atoms with Crippen LogP contribution in [-0.4, -0.2) is 36.0 Å². The molecule has 2 aromatic rings. The minimum Gasteiger partial charge on any atom is -0.506 e. The van der Waals surface area contributed by atoms with E-state index in [9.17, 15) is 14.7 Å². The normalized spacial score (nSPS) is 11.8. The first-order chi connectivity index (χ1) is 13.4. The molecule has 0 unspecified atom stereocenters. The lowest BCUT2D eigenvalue weighted by atomic mass is 10.1. The minimum absolute atomic E-state index is 0.00770. The van der Waals surface area contributed by atoms with Gasteiger partial charge in [-0.05, 0) is 40.5 Å². The van der Waals surface area contributed by atoms with Crippen LogP contribution in [0.4, 0.5) is 4.79 Å². The topological polar surface area (TPSA) is 100 Å². The van der Waals surface area contributed by atoms with Crippen molar-refractivity contribution in [3.05, 3.63) is 62.5 Å². The zero-order chi connectivity index (χ0) is 20.5. The van der Waals surface area contributed by atoms with Gasteiger partial charge in [0, 0.05) is 16.5 Å². The van der Waals surface area contributed by atoms with Gasteiger partial charge in [0.1, 0.15) is 11.8 Å². The number of alkyl carbamates (subject to hydrolysis) is 1. The van der Waals surface area contributed by atoms with E-state index in [0.29, 0.717) is 10.0 Å². The van der Waals surface area contributed by atoms with Crippen LogP contribution < -0.4 is 10.7 Å². The van der Waals surface area contributed by atoms with Crippen molar-refractivity contribution in [3.63, 3.8) is 0 Å². The van der Waals surface area contributed by atoms with E-state index >= 15 is 0 Å². The Morgan fingerprint density at radius 2 is 1.96 bits per heavy atom. The van der Waals surface area contributed by atoms with Crippen molar-refractivity contribution in [1.29, 1.82) is 0 Å². The molecule has 0 aliphatic carbocycles. The highest BCUT2D eigenvalue weighted by Crippen LogP contribution is 2.30. The molecule has 28 heavy (non-hydrogen) atoms. The second kappa shape index (κ2) is 10.8. The molecule has 0 aliphatic rings. The highest BCUT2D eigenvalue weighted by molar-refractivity contribution is 9.11. The van der Waals surface area contributed by atoms with Crippen LogP contribution in [0.15, 0.2) is 56.5 Å². The van der Waals surface area contributed by atoms with Crippen LogP contribution >= 0.6 is 31.9 Å². The zero-order valence-electron chi connectivity index (χ0n) is 15.0. The van der Waals surface area contributed by atoms with Crippen molar-refractivity contribution < 1.29 is 19.4 Å². The van der Waals surface area contributed by atoms with Crippen molar-refractivity contribution in [2.75, 3.05) is 6.61 Å². The van der Waals surface area contributed by atoms with Gasteiger partial charge < -0.3 is 15.2 Å². The fourth-order valence-corrected chi connectivity index (χ4v) is 3.56. The van der Waals surface area contributed by atoms with Crippen LogP contribution in [0.25, 0.3) is 0 Å². The molecular formula is C19H19Br2N3O4. The molecule has 1 atom stereocenters. The van der Waals surface area contributed by atoms with Crippen LogP contribution in [0.3, 0.4) is 0 Å². The van der Waals surface area contributed by atoms with Crippen molar-refractivity contribution in [2.24, 2.45) is 5.10 Å². The predicted octanol–water partition coefficient (Wildman–Crippen LogP) is 3.72. The minimum atomic E-state index is -0.874. The highest BCUT2D eigenvalue weighted by atomic mass is 79.9. The number of hydrazone groups is 1. The Kier molecular flexibility index (Phi) is 8.46. The summed E-state index contributed by atoms with van der Waals surface area (Å²) in [5.74, 6) is -0.520. The number of ether oxygens (including phenoxy) is 1. The lowest BCUT2D eigenvalue weighted by molar-refractivity contribution is -0.123. The number of halogens is 2. The number of amides is 2. The fraction of sp³-hybridized carbons (Fsp3) is 0.211. The summed E-state index contributed by atoms with van der Waals surface area (Å²) in [6.07, 6.45) is 0.901. The molecule has 0 saturated carbocycles. The second-order valence-electron chi connectivity index (χ2n) is 5.67. The van der Waals surface area contributed by atoms with E-state index < -0.39 is 18.0 Å². The van der Waals surface area contributed by atoms with Crippen LogP contribution in [0.1, 0.15) is 18.1 Å². The third kappa shape index (κ3) is 6.65. The van der Waals surface area contributed by atoms with Gasteiger partial charge in [0.15, 0.2) is 0 Å². The Balaban J connectivity index is 2.09. The maximum Gasteiger partial charge on any atom is 0.407 e. The Morgan fingerprint density at radius 3 is 2.64 bits per heavy atom. The van der Waals surface area contributed by atoms with E-state index in [0.717, 1.165) is 10.0 Å². The standard InChI is InChI=1S/C19H19Br2N3O4/c1-2-28-19(27)23-16(8-12-6-4-3-5-7-12)18(26)24-22-11-13-9-14(20)10-15(21)17(13)25/h3-7,9-11,16,25H,2,8H2,1H3,(H,23,27)(H,24,26)/b22-11-/t16-/m0/s1. The summed E-state index contributed by atoms with van der Waals surface area (Å²) < 4.78 is 6.08. The van der Waals surface area contributed by atoms with Crippen LogP contribution in [0.5, 0.6) is 5.75 Å². The lowest BCUT2D eigenvalue weighted by Gasteiger charge is -2.16. The van der Waals surface area contributed by atoms with Crippen LogP contribution in [-0.2, 0) is 16.0 Å². The number of carbonyl (C=O) groups is 2. The van der Waals surface area contributed by atoms with E-state index in [-0.39, 0.29) is 18.8 Å². The molecule has 0 radical (unpaired) electrons. The number of phenols is 1. The predicted molar refractivity (Wildman–Crippen MR) is 113 cm³/mol. The number of phenolic OH excluding ortho intramolecular Hbond substituents is 1. The van der Waals surface area contributed by atoms with E-state index in [1.807, 2.05) is 30.3 Å². The summed E-state index contributed by atoms with van der Waals surface area (Å²) in [4.78, 5) is 24.3. The SMILES string of the molecule is CCOC(=O)N[C@@H](Cc1ccccc1)C(=O)N/N=C\c1cc(Br)cc(Br)c1O. The molecule has 9 heteroatoms. The quantitative estimate of drug-likeness (QED) is 0.388. The van der Waals surface area contributed by atoms with Gasteiger partial charge in [-0.3, -0.25) is 4.79 Å². The molecule has 0 saturated heterocycles. The summed E-state index contributed by atoms with van der Waals surface area (Å²) in [5, 5.41) is 16.4. The molecule has 2 amide bonds. The Labute approximate surface area is 179 Å². The molecule has 2 rings (SSSR count). The van der Waals surface area contributed by atoms with Gasteiger partial charge in [0.2, 0.25) is 0 Å². The molecule has 0 spiro atoms. The van der Waals surface area contributed by atoms with Crippen molar-refractivity contribution in [1.82, 2.24) is 10.7 Å². The smallest absolute Gasteiger partial charge is 0.407 e. The number of carbonyl (C=O) groups excluding carboxylic acids is 2. The summed E-state index contributed by atoms with van der Waals surface area (Å²) in [6.45, 7) is 1.87. The lowest BCUT2D eigenvalue weighted by Crippen LogP contribution is -2.47. The second-order valence-corrected chi connectivity index (χ2v) is 7.44. The third-order valence-corrected chi connectivity index (χ3v) is 4.67. The molecule has 0 fully saturated rings. The zero-order valence-corrected chi connectivity index (χ0v) is 18.2. The first-order valence-corrected chi connectivity index (χ1v) is 9.97. The molecule has 7 nitrogen and oxygen atoms in total. The average Bonchev–Trinajstić information content (AvgIpc) is 2.66. The molecule has 0 aliphatic heterocycles. The van der Waals surface area contributed by atoms with Crippen LogP contribution in [0.2, 0.25) is 0 Å². The maximum absolute atomic E-state index is 12.5. The van der Waals surface area contributed by atoms with Crippen molar-refractivity contribution >= 4 is 50.1 Å². The first kappa shape index (κ1) is 21.9. The van der Waals surface area contributed by atoms with Gasteiger partial charge in [-0.1, -0.05) is 46.3 Å². The Hall–Kier alpha value is -2.39. The summed E-state index contributed by atoms with van der Waals surface area (Å²) in [6, 6.07) is 11.7. The van der Waals surface area contributed by atoms with E-state index in [1.54, 1.807) is 19.1 Å². The largest absolute Gasteiger partial charge is 0.506 e. The number of hydrogen-bond acceptors (Lipinski definition) is 5. The van der Waals surface area contributed by atoms with Gasteiger partial charge in [0.05, 0.1) is 17.3 Å². The van der Waals surface area contributed by atoms with Gasteiger partial charge >= 0.3 is 6.09 Å². The Morgan fingerprint density at radius 1 is 1.25 bits per heavy atom. The van der Waals surface area contributed by atoms with Crippen molar-refractivity contribution in [3.8, 4) is 5.75 Å². The van der Waals surface area contributed by atoms with Gasteiger partial charge in [-0.2, -0.15) is 5.10 Å². The number of hydrogen-bond donors (Lipinski definition) is 3. The number of nitrogens with one attached hydrogen (secondary N) is 2. The summed E-state index contributed by atoms with van der Waals surface area (Å²) >= 11 is 6.55. The van der Waals surface area contributed by atoms with Gasteiger partial charge in [-0.15, -0.1) is 0 Å². The van der Waals surface area contributed by atoms with Crippen molar-refractivity contribution in [2.45, 2.75) is 19.4 Å². The average molecular weight is 513 g/mol. The molecule has 0 bridgehead atoms. The number of rotatable bonds is 7. The van der Waals surface area contributed by atoms with E-state index in [1.165, 1.54) is 6.21 Å².